The predicted octanol–water partition coefficient (Wildman–Crippen LogP) is 2.13. The molecule has 2 aromatic rings. The number of ether oxygens (including phenoxy) is 3. The van der Waals surface area contributed by atoms with E-state index in [0.717, 1.165) is 11.6 Å². The van der Waals surface area contributed by atoms with Crippen molar-refractivity contribution < 1.29 is 27.6 Å². The van der Waals surface area contributed by atoms with Gasteiger partial charge < -0.3 is 14.2 Å². The number of nitrogens with zero attached hydrogens (tertiary/aromatic N) is 3. The van der Waals surface area contributed by atoms with Gasteiger partial charge in [-0.3, -0.25) is 15.0 Å². The van der Waals surface area contributed by atoms with Crippen LogP contribution >= 0.6 is 0 Å². The Morgan fingerprint density at radius 1 is 0.968 bits per heavy atom. The highest BCUT2D eigenvalue weighted by Crippen LogP contribution is 2.40. The Kier molecular flexibility index (Phi) is 6.98. The van der Waals surface area contributed by atoms with Crippen molar-refractivity contribution in [3.63, 3.8) is 0 Å². The second-order valence-corrected chi connectivity index (χ2v) is 8.87. The maximum Gasteiger partial charge on any atom is 0.270 e. The fraction of sp³-hybridized carbons (Fsp3) is 0.400. The Labute approximate surface area is 181 Å². The van der Waals surface area contributed by atoms with Gasteiger partial charge in [0, 0.05) is 50.4 Å². The van der Waals surface area contributed by atoms with Crippen LogP contribution in [0.3, 0.4) is 0 Å². The first-order valence-corrected chi connectivity index (χ1v) is 11.0. The van der Waals surface area contributed by atoms with Gasteiger partial charge in [0.1, 0.15) is 0 Å². The molecule has 3 rings (SSSR count). The van der Waals surface area contributed by atoms with E-state index < -0.39 is 14.9 Å². The molecule has 31 heavy (non-hydrogen) atoms. The molecule has 0 unspecified atom stereocenters. The third kappa shape index (κ3) is 4.73. The number of nitro benzene ring substituents is 1. The Morgan fingerprint density at radius 3 is 2.23 bits per heavy atom. The molecule has 0 N–H and O–H groups in total. The molecule has 0 amide bonds. The molecule has 0 aliphatic carbocycles. The van der Waals surface area contributed by atoms with E-state index in [-0.39, 0.29) is 23.7 Å². The molecular formula is C20H25N3O7S. The molecule has 0 aromatic heterocycles. The number of hydrogen-bond acceptors (Lipinski definition) is 8. The van der Waals surface area contributed by atoms with E-state index in [1.165, 1.54) is 22.5 Å². The average molecular weight is 452 g/mol. The third-order valence-electron chi connectivity index (χ3n) is 5.18. The number of piperazine rings is 1. The largest absolute Gasteiger partial charge is 0.493 e. The van der Waals surface area contributed by atoms with Crippen molar-refractivity contribution in [2.45, 2.75) is 11.4 Å². The Morgan fingerprint density at radius 2 is 1.65 bits per heavy atom. The minimum Gasteiger partial charge on any atom is -0.493 e. The van der Waals surface area contributed by atoms with E-state index in [4.69, 9.17) is 14.2 Å². The maximum absolute atomic E-state index is 12.9. The summed E-state index contributed by atoms with van der Waals surface area (Å²) in [7, 11) is 0.851. The summed E-state index contributed by atoms with van der Waals surface area (Å²) in [6.45, 7) is 2.12. The van der Waals surface area contributed by atoms with E-state index in [1.807, 2.05) is 6.07 Å². The summed E-state index contributed by atoms with van der Waals surface area (Å²) in [6.07, 6.45) is 0. The van der Waals surface area contributed by atoms with Crippen LogP contribution in [0.25, 0.3) is 0 Å². The smallest absolute Gasteiger partial charge is 0.270 e. The lowest BCUT2D eigenvalue weighted by molar-refractivity contribution is -0.385. The van der Waals surface area contributed by atoms with Crippen LogP contribution in [0.15, 0.2) is 41.3 Å². The summed E-state index contributed by atoms with van der Waals surface area (Å²) in [6, 6.07) is 8.82. The van der Waals surface area contributed by atoms with Crippen molar-refractivity contribution in [2.24, 2.45) is 0 Å². The number of hydrogen-bond donors (Lipinski definition) is 0. The molecule has 1 fully saturated rings. The zero-order valence-corrected chi connectivity index (χ0v) is 18.4. The molecular weight excluding hydrogens is 426 g/mol. The molecule has 0 bridgehead atoms. The summed E-state index contributed by atoms with van der Waals surface area (Å²) in [5, 5.41) is 11.0. The number of sulfonamides is 1. The number of rotatable bonds is 8. The van der Waals surface area contributed by atoms with Gasteiger partial charge in [-0.15, -0.1) is 0 Å². The van der Waals surface area contributed by atoms with Crippen molar-refractivity contribution in [1.29, 1.82) is 0 Å². The van der Waals surface area contributed by atoms with Crippen LogP contribution in [-0.4, -0.2) is 70.1 Å². The van der Waals surface area contributed by atoms with Crippen molar-refractivity contribution in [1.82, 2.24) is 9.21 Å². The molecule has 2 aromatic carbocycles. The van der Waals surface area contributed by atoms with Crippen LogP contribution in [0.2, 0.25) is 0 Å². The van der Waals surface area contributed by atoms with Gasteiger partial charge in [0.25, 0.3) is 5.69 Å². The monoisotopic (exact) mass is 451 g/mol. The van der Waals surface area contributed by atoms with E-state index >= 15 is 0 Å². The highest BCUT2D eigenvalue weighted by molar-refractivity contribution is 7.89. The summed E-state index contributed by atoms with van der Waals surface area (Å²) >= 11 is 0. The zero-order chi connectivity index (χ0) is 22.6. The first kappa shape index (κ1) is 22.8. The van der Waals surface area contributed by atoms with Crippen molar-refractivity contribution in [3.05, 3.63) is 52.1 Å². The molecule has 0 spiro atoms. The quantitative estimate of drug-likeness (QED) is 0.443. The lowest BCUT2D eigenvalue weighted by atomic mass is 10.1. The fourth-order valence-electron chi connectivity index (χ4n) is 3.56. The molecule has 0 atom stereocenters. The standard InChI is InChI=1S/C20H25N3O7S/c1-28-18-8-7-15(19(29-2)20(18)30-3)14-21-9-11-22(12-10-21)31(26,27)17-6-4-5-16(13-17)23(24)25/h4-8,13H,9-12,14H2,1-3H3. The fourth-order valence-corrected chi connectivity index (χ4v) is 5.03. The van der Waals surface area contributed by atoms with Gasteiger partial charge in [-0.2, -0.15) is 4.31 Å². The zero-order valence-electron chi connectivity index (χ0n) is 17.6. The van der Waals surface area contributed by atoms with E-state index in [2.05, 4.69) is 4.90 Å². The lowest BCUT2D eigenvalue weighted by Gasteiger charge is -2.34. The van der Waals surface area contributed by atoms with Crippen LogP contribution in [0, 0.1) is 10.1 Å². The second-order valence-electron chi connectivity index (χ2n) is 6.93. The molecule has 11 heteroatoms. The predicted molar refractivity (Wildman–Crippen MR) is 113 cm³/mol. The topological polar surface area (TPSA) is 111 Å². The first-order valence-electron chi connectivity index (χ1n) is 9.56. The van der Waals surface area contributed by atoms with Gasteiger partial charge >= 0.3 is 0 Å². The SMILES string of the molecule is COc1ccc(CN2CCN(S(=O)(=O)c3cccc([N+](=O)[O-])c3)CC2)c(OC)c1OC. The van der Waals surface area contributed by atoms with Gasteiger partial charge in [-0.1, -0.05) is 12.1 Å². The van der Waals surface area contributed by atoms with Crippen molar-refractivity contribution in [2.75, 3.05) is 47.5 Å². The molecule has 1 aliphatic heterocycles. The Bertz CT molecular complexity index is 1050. The number of benzene rings is 2. The van der Waals surface area contributed by atoms with E-state index in [1.54, 1.807) is 27.4 Å². The number of methoxy groups -OCH3 is 3. The maximum atomic E-state index is 12.9. The molecule has 1 aliphatic rings. The minimum absolute atomic E-state index is 0.0725. The highest BCUT2D eigenvalue weighted by atomic mass is 32.2. The van der Waals surface area contributed by atoms with Crippen LogP contribution in [0.4, 0.5) is 5.69 Å². The Balaban J connectivity index is 1.71. The second kappa shape index (κ2) is 9.50. The number of non-ortho nitro benzene ring substituents is 1. The Hall–Kier alpha value is -2.89. The first-order chi connectivity index (χ1) is 14.8. The van der Waals surface area contributed by atoms with Crippen LogP contribution in [0.1, 0.15) is 5.56 Å². The van der Waals surface area contributed by atoms with Gasteiger partial charge in [-0.05, 0) is 12.1 Å². The minimum atomic E-state index is -3.81. The van der Waals surface area contributed by atoms with Crippen molar-refractivity contribution in [3.8, 4) is 17.2 Å². The summed E-state index contributed by atoms with van der Waals surface area (Å²) in [4.78, 5) is 12.4. The van der Waals surface area contributed by atoms with E-state index in [0.29, 0.717) is 36.9 Å². The molecule has 1 saturated heterocycles. The summed E-state index contributed by atoms with van der Waals surface area (Å²) in [5.41, 5.74) is 0.649. The normalized spacial score (nSPS) is 15.5. The molecule has 0 radical (unpaired) electrons. The molecule has 10 nitrogen and oxygen atoms in total. The van der Waals surface area contributed by atoms with Crippen LogP contribution < -0.4 is 14.2 Å². The van der Waals surface area contributed by atoms with E-state index in [9.17, 15) is 18.5 Å². The van der Waals surface area contributed by atoms with Crippen LogP contribution in [0.5, 0.6) is 17.2 Å². The lowest BCUT2D eigenvalue weighted by Crippen LogP contribution is -2.48. The van der Waals surface area contributed by atoms with Crippen LogP contribution in [-0.2, 0) is 16.6 Å². The van der Waals surface area contributed by atoms with Gasteiger partial charge in [-0.25, -0.2) is 8.42 Å². The number of nitro groups is 1. The molecule has 0 saturated carbocycles. The molecule has 1 heterocycles. The van der Waals surface area contributed by atoms with Crippen molar-refractivity contribution >= 4 is 15.7 Å². The summed E-state index contributed by atoms with van der Waals surface area (Å²) < 4.78 is 43.4. The van der Waals surface area contributed by atoms with Gasteiger partial charge in [0.05, 0.1) is 31.1 Å². The third-order valence-corrected chi connectivity index (χ3v) is 7.07. The van der Waals surface area contributed by atoms with Gasteiger partial charge in [0.2, 0.25) is 15.8 Å². The molecule has 168 valence electrons. The highest BCUT2D eigenvalue weighted by Gasteiger charge is 2.30. The van der Waals surface area contributed by atoms with Gasteiger partial charge in [0.15, 0.2) is 11.5 Å². The summed E-state index contributed by atoms with van der Waals surface area (Å²) in [5.74, 6) is 1.65. The average Bonchev–Trinajstić information content (AvgIpc) is 2.79.